The Balaban J connectivity index is 1.53. The molecule has 0 bridgehead atoms. The minimum atomic E-state index is -0.486. The minimum Gasteiger partial charge on any atom is -0.340 e. The number of imidazole rings is 1. The monoisotopic (exact) mass is 377 g/mol. The third-order valence-electron chi connectivity index (χ3n) is 5.02. The van der Waals surface area contributed by atoms with E-state index in [0.717, 1.165) is 29.7 Å². The molecule has 5 rings (SSSR count). The van der Waals surface area contributed by atoms with Crippen LogP contribution in [0.5, 0.6) is 0 Å². The smallest absolute Gasteiger partial charge is 0.256 e. The highest BCUT2D eigenvalue weighted by molar-refractivity contribution is 5.98. The molecule has 0 aliphatic carbocycles. The zero-order valence-electron chi connectivity index (χ0n) is 14.8. The topological polar surface area (TPSA) is 92.6 Å². The van der Waals surface area contributed by atoms with E-state index < -0.39 is 5.82 Å². The number of carbonyl (C=O) groups is 1. The normalized spacial score (nSPS) is 16.8. The average molecular weight is 377 g/mol. The van der Waals surface area contributed by atoms with Crippen LogP contribution in [-0.4, -0.2) is 47.5 Å². The summed E-state index contributed by atoms with van der Waals surface area (Å²) < 4.78 is 15.3. The highest BCUT2D eigenvalue weighted by Crippen LogP contribution is 2.33. The maximum atomic E-state index is 13.9. The summed E-state index contributed by atoms with van der Waals surface area (Å²) in [5.74, 6) is -0.0139. The van der Waals surface area contributed by atoms with Crippen LogP contribution >= 0.6 is 0 Å². The fraction of sp³-hybridized carbons (Fsp3) is 0.211. The summed E-state index contributed by atoms with van der Waals surface area (Å²) in [6.45, 7) is 0.576. The van der Waals surface area contributed by atoms with Gasteiger partial charge in [0.2, 0.25) is 0 Å². The van der Waals surface area contributed by atoms with Gasteiger partial charge in [0.1, 0.15) is 18.0 Å². The molecule has 1 N–H and O–H groups in total. The first-order chi connectivity index (χ1) is 13.7. The molecule has 3 heterocycles. The van der Waals surface area contributed by atoms with E-state index in [2.05, 4.69) is 25.5 Å². The number of amides is 1. The Bertz CT molecular complexity index is 1120. The first-order valence-electron chi connectivity index (χ1n) is 8.99. The van der Waals surface area contributed by atoms with Crippen molar-refractivity contribution in [1.29, 1.82) is 0 Å². The number of para-hydroxylation sites is 2. The maximum Gasteiger partial charge on any atom is 0.256 e. The zero-order valence-corrected chi connectivity index (χ0v) is 14.8. The van der Waals surface area contributed by atoms with Gasteiger partial charge >= 0.3 is 0 Å². The fourth-order valence-corrected chi connectivity index (χ4v) is 3.73. The molecule has 1 aliphatic rings. The highest BCUT2D eigenvalue weighted by Gasteiger charge is 2.34. The molecule has 0 spiro atoms. The molecule has 8 nitrogen and oxygen atoms in total. The van der Waals surface area contributed by atoms with Gasteiger partial charge in [0.05, 0.1) is 28.3 Å². The Hall–Kier alpha value is -3.62. The standard InChI is InChI=1S/C19H16FN7O/c20-12-7-8-16(27-11-21-24-25-27)13(10-12)19(28)26-9-3-6-17(26)18-22-14-4-1-2-5-15(14)23-18/h1-2,4-5,7-8,10-11,17H,3,6,9H2,(H,22,23)/t17-/m0/s1. The third-order valence-corrected chi connectivity index (χ3v) is 5.02. The Morgan fingerprint density at radius 2 is 2.11 bits per heavy atom. The van der Waals surface area contributed by atoms with Gasteiger partial charge in [-0.2, -0.15) is 4.68 Å². The van der Waals surface area contributed by atoms with Crippen molar-refractivity contribution in [2.45, 2.75) is 18.9 Å². The van der Waals surface area contributed by atoms with Gasteiger partial charge in [-0.25, -0.2) is 9.37 Å². The number of tetrazole rings is 1. The number of likely N-dealkylation sites (tertiary alicyclic amines) is 1. The van der Waals surface area contributed by atoms with E-state index in [1.807, 2.05) is 24.3 Å². The number of halogens is 1. The van der Waals surface area contributed by atoms with Gasteiger partial charge in [-0.3, -0.25) is 4.79 Å². The number of nitrogens with zero attached hydrogens (tertiary/aromatic N) is 6. The molecular weight excluding hydrogens is 361 g/mol. The Labute approximate surface area is 159 Å². The third kappa shape index (κ3) is 2.72. The molecular formula is C19H16FN7O. The van der Waals surface area contributed by atoms with Crippen LogP contribution in [0.4, 0.5) is 4.39 Å². The molecule has 140 valence electrons. The molecule has 4 aromatic rings. The number of hydrogen-bond donors (Lipinski definition) is 1. The van der Waals surface area contributed by atoms with Gasteiger partial charge in [0, 0.05) is 6.54 Å². The van der Waals surface area contributed by atoms with Crippen molar-refractivity contribution in [1.82, 2.24) is 35.1 Å². The Morgan fingerprint density at radius 3 is 2.93 bits per heavy atom. The number of nitrogens with one attached hydrogen (secondary N) is 1. The second-order valence-corrected chi connectivity index (χ2v) is 6.71. The molecule has 1 atom stereocenters. The van der Waals surface area contributed by atoms with E-state index in [1.165, 1.54) is 29.2 Å². The SMILES string of the molecule is O=C(c1cc(F)ccc1-n1cnnn1)N1CCC[C@H]1c1nc2ccccc2[nH]1. The van der Waals surface area contributed by atoms with Crippen molar-refractivity contribution in [3.05, 3.63) is 66.0 Å². The molecule has 1 fully saturated rings. The van der Waals surface area contributed by atoms with E-state index in [4.69, 9.17) is 0 Å². The van der Waals surface area contributed by atoms with Crippen LogP contribution in [0.1, 0.15) is 35.1 Å². The summed E-state index contributed by atoms with van der Waals surface area (Å²) in [5, 5.41) is 11.0. The molecule has 1 aliphatic heterocycles. The van der Waals surface area contributed by atoms with Gasteiger partial charge in [0.15, 0.2) is 0 Å². The van der Waals surface area contributed by atoms with Crippen LogP contribution in [0.2, 0.25) is 0 Å². The zero-order chi connectivity index (χ0) is 19.1. The molecule has 9 heteroatoms. The van der Waals surface area contributed by atoms with Crippen LogP contribution in [0.25, 0.3) is 16.7 Å². The second-order valence-electron chi connectivity index (χ2n) is 6.71. The molecule has 1 amide bonds. The molecule has 0 saturated carbocycles. The lowest BCUT2D eigenvalue weighted by Gasteiger charge is -2.24. The summed E-state index contributed by atoms with van der Waals surface area (Å²) in [7, 11) is 0. The van der Waals surface area contributed by atoms with Crippen molar-refractivity contribution in [2.75, 3.05) is 6.54 Å². The van der Waals surface area contributed by atoms with Crippen LogP contribution in [-0.2, 0) is 0 Å². The second kappa shape index (κ2) is 6.52. The van der Waals surface area contributed by atoms with E-state index in [-0.39, 0.29) is 17.5 Å². The number of hydrogen-bond acceptors (Lipinski definition) is 5. The summed E-state index contributed by atoms with van der Waals surface area (Å²) in [6, 6.07) is 11.6. The van der Waals surface area contributed by atoms with Gasteiger partial charge in [-0.15, -0.1) is 5.10 Å². The quantitative estimate of drug-likeness (QED) is 0.593. The van der Waals surface area contributed by atoms with Crippen LogP contribution < -0.4 is 0 Å². The van der Waals surface area contributed by atoms with Crippen molar-refractivity contribution in [2.24, 2.45) is 0 Å². The number of carbonyl (C=O) groups excluding carboxylic acids is 1. The number of aromatic amines is 1. The molecule has 2 aromatic carbocycles. The number of benzene rings is 2. The number of H-pyrrole nitrogens is 1. The van der Waals surface area contributed by atoms with Gasteiger partial charge in [-0.1, -0.05) is 12.1 Å². The maximum absolute atomic E-state index is 13.9. The van der Waals surface area contributed by atoms with Gasteiger partial charge < -0.3 is 9.88 Å². The Kier molecular flexibility index (Phi) is 3.85. The Morgan fingerprint density at radius 1 is 1.21 bits per heavy atom. The number of rotatable bonds is 3. The van der Waals surface area contributed by atoms with Crippen LogP contribution in [0.3, 0.4) is 0 Å². The highest BCUT2D eigenvalue weighted by atomic mass is 19.1. The predicted octanol–water partition coefficient (Wildman–Crippen LogP) is 2.66. The molecule has 28 heavy (non-hydrogen) atoms. The van der Waals surface area contributed by atoms with Crippen molar-refractivity contribution >= 4 is 16.9 Å². The van der Waals surface area contributed by atoms with E-state index in [0.29, 0.717) is 12.2 Å². The first-order valence-corrected chi connectivity index (χ1v) is 8.99. The molecule has 1 saturated heterocycles. The summed E-state index contributed by atoms with van der Waals surface area (Å²) in [6.07, 6.45) is 3.02. The lowest BCUT2D eigenvalue weighted by Crippen LogP contribution is -2.32. The fourth-order valence-electron chi connectivity index (χ4n) is 3.73. The number of aromatic nitrogens is 6. The molecule has 0 unspecified atom stereocenters. The molecule has 2 aromatic heterocycles. The summed E-state index contributed by atoms with van der Waals surface area (Å²) >= 11 is 0. The summed E-state index contributed by atoms with van der Waals surface area (Å²) in [5.41, 5.74) is 2.44. The minimum absolute atomic E-state index is 0.190. The van der Waals surface area contributed by atoms with E-state index in [9.17, 15) is 9.18 Å². The lowest BCUT2D eigenvalue weighted by atomic mass is 10.1. The first kappa shape index (κ1) is 16.5. The van der Waals surface area contributed by atoms with Crippen LogP contribution in [0, 0.1) is 5.82 Å². The van der Waals surface area contributed by atoms with Crippen molar-refractivity contribution in [3.63, 3.8) is 0 Å². The van der Waals surface area contributed by atoms with E-state index >= 15 is 0 Å². The van der Waals surface area contributed by atoms with Gasteiger partial charge in [-0.05, 0) is 53.6 Å². The van der Waals surface area contributed by atoms with E-state index in [1.54, 1.807) is 4.90 Å². The number of fused-ring (bicyclic) bond motifs is 1. The summed E-state index contributed by atoms with van der Waals surface area (Å²) in [4.78, 5) is 23.0. The lowest BCUT2D eigenvalue weighted by molar-refractivity contribution is 0.0730. The van der Waals surface area contributed by atoms with Crippen molar-refractivity contribution in [3.8, 4) is 5.69 Å². The average Bonchev–Trinajstić information content (AvgIpc) is 3.46. The van der Waals surface area contributed by atoms with Gasteiger partial charge in [0.25, 0.3) is 5.91 Å². The molecule has 0 radical (unpaired) electrons. The van der Waals surface area contributed by atoms with Crippen LogP contribution in [0.15, 0.2) is 48.8 Å². The largest absolute Gasteiger partial charge is 0.340 e. The van der Waals surface area contributed by atoms with Crippen molar-refractivity contribution < 1.29 is 9.18 Å². The predicted molar refractivity (Wildman–Crippen MR) is 98.2 cm³/mol.